The minimum Gasteiger partial charge on any atom is -0.378 e. The largest absolute Gasteiger partial charge is 0.378 e. The van der Waals surface area contributed by atoms with Crippen LogP contribution in [0.1, 0.15) is 48.0 Å². The molecule has 1 saturated heterocycles. The third kappa shape index (κ3) is 6.16. The number of carbonyl (C=O) groups excluding carboxylic acids is 2. The minimum absolute atomic E-state index is 0.00714. The summed E-state index contributed by atoms with van der Waals surface area (Å²) in [7, 11) is 5.34. The summed E-state index contributed by atoms with van der Waals surface area (Å²) in [6.45, 7) is 1.61. The average Bonchev–Trinajstić information content (AvgIpc) is 2.64. The molecule has 5 nitrogen and oxygen atoms in total. The second-order valence-electron chi connectivity index (χ2n) is 6.99. The molecule has 2 rings (SSSR count). The summed E-state index contributed by atoms with van der Waals surface area (Å²) in [6, 6.07) is 7.51. The van der Waals surface area contributed by atoms with E-state index in [1.54, 1.807) is 19.0 Å². The van der Waals surface area contributed by atoms with Crippen molar-refractivity contribution in [2.75, 3.05) is 34.3 Å². The minimum atomic E-state index is -0.00714. The lowest BCUT2D eigenvalue weighted by Crippen LogP contribution is -2.31. The maximum Gasteiger partial charge on any atom is 0.253 e. The molecule has 0 N–H and O–H groups in total. The summed E-state index contributed by atoms with van der Waals surface area (Å²) in [5, 5.41) is 0. The van der Waals surface area contributed by atoms with Crippen molar-refractivity contribution in [3.63, 3.8) is 0 Å². The Labute approximate surface area is 150 Å². The molecule has 1 aliphatic rings. The van der Waals surface area contributed by atoms with Gasteiger partial charge in [0.05, 0.1) is 6.10 Å². The number of aryl methyl sites for hydroxylation is 1. The Morgan fingerprint density at radius 2 is 1.84 bits per heavy atom. The van der Waals surface area contributed by atoms with Gasteiger partial charge in [0.1, 0.15) is 0 Å². The van der Waals surface area contributed by atoms with Gasteiger partial charge in [-0.1, -0.05) is 12.1 Å². The third-order valence-electron chi connectivity index (χ3n) is 4.72. The molecule has 1 unspecified atom stereocenters. The molecule has 1 fully saturated rings. The normalized spacial score (nSPS) is 17.2. The van der Waals surface area contributed by atoms with Crippen molar-refractivity contribution in [3.05, 3.63) is 35.4 Å². The molecule has 25 heavy (non-hydrogen) atoms. The standard InChI is InChI=1S/C20H30N2O3/c1-21(2)20(24)17-10-7-16(8-11-17)9-12-19(23)22(3)14-13-18-6-4-5-15-25-18/h7-8,10-11,18H,4-6,9,12-15H2,1-3H3. The summed E-state index contributed by atoms with van der Waals surface area (Å²) in [4.78, 5) is 27.5. The number of hydrogen-bond donors (Lipinski definition) is 0. The predicted octanol–water partition coefficient (Wildman–Crippen LogP) is 2.74. The van der Waals surface area contributed by atoms with Crippen LogP contribution in [-0.2, 0) is 16.0 Å². The fourth-order valence-electron chi connectivity index (χ4n) is 3.01. The van der Waals surface area contributed by atoms with Gasteiger partial charge in [-0.15, -0.1) is 0 Å². The van der Waals surface area contributed by atoms with E-state index in [1.165, 1.54) is 6.42 Å². The molecule has 1 atom stereocenters. The first-order chi connectivity index (χ1) is 12.0. The molecule has 1 aromatic carbocycles. The van der Waals surface area contributed by atoms with Crippen molar-refractivity contribution in [1.82, 2.24) is 9.80 Å². The number of ether oxygens (including phenoxy) is 1. The highest BCUT2D eigenvalue weighted by atomic mass is 16.5. The fraction of sp³-hybridized carbons (Fsp3) is 0.600. The maximum absolute atomic E-state index is 12.3. The van der Waals surface area contributed by atoms with Gasteiger partial charge in [-0.3, -0.25) is 9.59 Å². The van der Waals surface area contributed by atoms with E-state index >= 15 is 0 Å². The number of nitrogens with zero attached hydrogens (tertiary/aromatic N) is 2. The van der Waals surface area contributed by atoms with Crippen LogP contribution < -0.4 is 0 Å². The Morgan fingerprint density at radius 3 is 2.44 bits per heavy atom. The zero-order chi connectivity index (χ0) is 18.2. The van der Waals surface area contributed by atoms with E-state index in [2.05, 4.69) is 0 Å². The van der Waals surface area contributed by atoms with E-state index < -0.39 is 0 Å². The van der Waals surface area contributed by atoms with Crippen LogP contribution in [0.2, 0.25) is 0 Å². The van der Waals surface area contributed by atoms with E-state index in [9.17, 15) is 9.59 Å². The lowest BCUT2D eigenvalue weighted by Gasteiger charge is -2.25. The molecule has 0 saturated carbocycles. The van der Waals surface area contributed by atoms with Crippen molar-refractivity contribution < 1.29 is 14.3 Å². The molecular weight excluding hydrogens is 316 g/mol. The van der Waals surface area contributed by atoms with Crippen LogP contribution in [0.5, 0.6) is 0 Å². The molecule has 1 aliphatic heterocycles. The quantitative estimate of drug-likeness (QED) is 0.763. The lowest BCUT2D eigenvalue weighted by molar-refractivity contribution is -0.130. The number of amides is 2. The van der Waals surface area contributed by atoms with Gasteiger partial charge < -0.3 is 14.5 Å². The number of hydrogen-bond acceptors (Lipinski definition) is 3. The van der Waals surface area contributed by atoms with Crippen molar-refractivity contribution in [2.24, 2.45) is 0 Å². The number of rotatable bonds is 7. The Hall–Kier alpha value is -1.88. The summed E-state index contributed by atoms with van der Waals surface area (Å²) < 4.78 is 5.72. The SMILES string of the molecule is CN(C)C(=O)c1ccc(CCC(=O)N(C)CCC2CCCCO2)cc1. The Kier molecular flexibility index (Phi) is 7.44. The Bertz CT molecular complexity index is 563. The lowest BCUT2D eigenvalue weighted by atomic mass is 10.1. The molecule has 1 aromatic rings. The number of carbonyl (C=O) groups is 2. The first-order valence-corrected chi connectivity index (χ1v) is 9.13. The van der Waals surface area contributed by atoms with E-state index in [4.69, 9.17) is 4.74 Å². The monoisotopic (exact) mass is 346 g/mol. The van der Waals surface area contributed by atoms with Gasteiger partial charge in [0, 0.05) is 46.3 Å². The van der Waals surface area contributed by atoms with Gasteiger partial charge in [-0.25, -0.2) is 0 Å². The van der Waals surface area contributed by atoms with E-state index in [-0.39, 0.29) is 11.8 Å². The molecule has 5 heteroatoms. The molecule has 0 aliphatic carbocycles. The van der Waals surface area contributed by atoms with E-state index in [1.807, 2.05) is 36.2 Å². The molecular formula is C20H30N2O3. The van der Waals surface area contributed by atoms with Gasteiger partial charge in [-0.2, -0.15) is 0 Å². The maximum atomic E-state index is 12.3. The molecule has 1 heterocycles. The van der Waals surface area contributed by atoms with Crippen LogP contribution in [0.25, 0.3) is 0 Å². The van der Waals surface area contributed by atoms with Gasteiger partial charge in [-0.05, 0) is 49.8 Å². The van der Waals surface area contributed by atoms with E-state index in [0.29, 0.717) is 24.5 Å². The second kappa shape index (κ2) is 9.56. The second-order valence-corrected chi connectivity index (χ2v) is 6.99. The average molecular weight is 346 g/mol. The zero-order valence-corrected chi connectivity index (χ0v) is 15.7. The van der Waals surface area contributed by atoms with Crippen LogP contribution >= 0.6 is 0 Å². The highest BCUT2D eigenvalue weighted by Gasteiger charge is 2.16. The van der Waals surface area contributed by atoms with Crippen LogP contribution in [0.15, 0.2) is 24.3 Å². The summed E-state index contributed by atoms with van der Waals surface area (Å²) in [5.74, 6) is 0.150. The molecule has 138 valence electrons. The van der Waals surface area contributed by atoms with Crippen LogP contribution in [-0.4, -0.2) is 62.0 Å². The topological polar surface area (TPSA) is 49.9 Å². The van der Waals surface area contributed by atoms with Gasteiger partial charge in [0.2, 0.25) is 5.91 Å². The van der Waals surface area contributed by atoms with Gasteiger partial charge in [0.25, 0.3) is 5.91 Å². The van der Waals surface area contributed by atoms with E-state index in [0.717, 1.165) is 38.0 Å². The third-order valence-corrected chi connectivity index (χ3v) is 4.72. The van der Waals surface area contributed by atoms with Crippen LogP contribution in [0, 0.1) is 0 Å². The Balaban J connectivity index is 1.74. The highest BCUT2D eigenvalue weighted by molar-refractivity contribution is 5.93. The van der Waals surface area contributed by atoms with Crippen molar-refractivity contribution in [1.29, 1.82) is 0 Å². The highest BCUT2D eigenvalue weighted by Crippen LogP contribution is 2.16. The first kappa shape index (κ1) is 19.4. The van der Waals surface area contributed by atoms with Crippen molar-refractivity contribution >= 4 is 11.8 Å². The Morgan fingerprint density at radius 1 is 1.12 bits per heavy atom. The first-order valence-electron chi connectivity index (χ1n) is 9.13. The molecule has 0 bridgehead atoms. The van der Waals surface area contributed by atoms with Crippen LogP contribution in [0.4, 0.5) is 0 Å². The van der Waals surface area contributed by atoms with Crippen molar-refractivity contribution in [2.45, 2.75) is 44.6 Å². The molecule has 0 spiro atoms. The fourth-order valence-corrected chi connectivity index (χ4v) is 3.01. The van der Waals surface area contributed by atoms with Gasteiger partial charge in [0.15, 0.2) is 0 Å². The predicted molar refractivity (Wildman–Crippen MR) is 98.6 cm³/mol. The summed E-state index contributed by atoms with van der Waals surface area (Å²) in [5.41, 5.74) is 1.75. The smallest absolute Gasteiger partial charge is 0.253 e. The number of benzene rings is 1. The summed E-state index contributed by atoms with van der Waals surface area (Å²) >= 11 is 0. The molecule has 0 radical (unpaired) electrons. The zero-order valence-electron chi connectivity index (χ0n) is 15.7. The summed E-state index contributed by atoms with van der Waals surface area (Å²) in [6.07, 6.45) is 5.91. The van der Waals surface area contributed by atoms with Gasteiger partial charge >= 0.3 is 0 Å². The molecule has 0 aromatic heterocycles. The van der Waals surface area contributed by atoms with Crippen LogP contribution in [0.3, 0.4) is 0 Å². The molecule has 2 amide bonds. The van der Waals surface area contributed by atoms with Crippen molar-refractivity contribution in [3.8, 4) is 0 Å².